The first kappa shape index (κ1) is 24.9. The van der Waals surface area contributed by atoms with Gasteiger partial charge in [-0.25, -0.2) is 19.9 Å². The fourth-order valence-corrected chi connectivity index (χ4v) is 6.11. The average molecular weight is 535 g/mol. The molecule has 206 valence electrons. The molecule has 12 nitrogen and oxygen atoms in total. The molecule has 0 radical (unpaired) electrons. The molecule has 0 spiro atoms. The Hall–Kier alpha value is -3.16. The number of nitrogen functional groups attached to an aromatic ring is 1. The maximum Gasteiger partial charge on any atom is 0.167 e. The number of benzene rings is 1. The maximum absolute atomic E-state index is 10.8. The molecule has 4 aromatic rings. The Kier molecular flexibility index (Phi) is 6.24. The van der Waals surface area contributed by atoms with Gasteiger partial charge in [-0.1, -0.05) is 6.07 Å². The number of ether oxygens (including phenoxy) is 2. The van der Waals surface area contributed by atoms with Crippen LogP contribution >= 0.6 is 0 Å². The van der Waals surface area contributed by atoms with Gasteiger partial charge in [0, 0.05) is 24.9 Å². The van der Waals surface area contributed by atoms with Crippen LogP contribution < -0.4 is 5.73 Å². The Morgan fingerprint density at radius 1 is 1.15 bits per heavy atom. The number of aromatic nitrogens is 6. The van der Waals surface area contributed by atoms with Crippen molar-refractivity contribution >= 4 is 28.0 Å². The molecule has 39 heavy (non-hydrogen) atoms. The van der Waals surface area contributed by atoms with Crippen molar-refractivity contribution in [3.8, 4) is 0 Å². The average Bonchev–Trinajstić information content (AvgIpc) is 3.54. The van der Waals surface area contributed by atoms with Crippen LogP contribution in [0.15, 0.2) is 30.9 Å². The maximum atomic E-state index is 10.8. The van der Waals surface area contributed by atoms with E-state index in [1.807, 2.05) is 0 Å². The lowest BCUT2D eigenvalue weighted by molar-refractivity contribution is -0.0514. The van der Waals surface area contributed by atoms with Crippen LogP contribution in [0.3, 0.4) is 0 Å². The summed E-state index contributed by atoms with van der Waals surface area (Å²) in [5.41, 5.74) is 10.2. The third-order valence-corrected chi connectivity index (χ3v) is 8.76. The molecule has 4 atom stereocenters. The summed E-state index contributed by atoms with van der Waals surface area (Å²) in [6.45, 7) is 2.13. The number of aromatic amines is 1. The van der Waals surface area contributed by atoms with Gasteiger partial charge in [0.25, 0.3) is 0 Å². The normalized spacial score (nSPS) is 29.3. The number of fused-ring (bicyclic) bond motifs is 2. The summed E-state index contributed by atoms with van der Waals surface area (Å²) in [4.78, 5) is 23.0. The van der Waals surface area contributed by atoms with Gasteiger partial charge in [0.1, 0.15) is 36.0 Å². The molecule has 7 rings (SSSR count). The number of hydrogen-bond acceptors (Lipinski definition) is 10. The number of aryl methyl sites for hydroxylation is 1. The summed E-state index contributed by atoms with van der Waals surface area (Å²) < 4.78 is 13.1. The molecular formula is C27H34N8O4. The second kappa shape index (κ2) is 9.79. The van der Waals surface area contributed by atoms with E-state index >= 15 is 0 Å². The molecular weight excluding hydrogens is 500 g/mol. The van der Waals surface area contributed by atoms with E-state index in [4.69, 9.17) is 20.2 Å². The van der Waals surface area contributed by atoms with Crippen LogP contribution in [0, 0.1) is 5.92 Å². The van der Waals surface area contributed by atoms with Crippen LogP contribution in [-0.4, -0.2) is 95.8 Å². The second-order valence-electron chi connectivity index (χ2n) is 11.3. The summed E-state index contributed by atoms with van der Waals surface area (Å²) in [6, 6.07) is 6.92. The highest BCUT2D eigenvalue weighted by atomic mass is 16.6. The van der Waals surface area contributed by atoms with E-state index in [1.54, 1.807) is 4.57 Å². The van der Waals surface area contributed by atoms with E-state index in [0.717, 1.165) is 55.8 Å². The van der Waals surface area contributed by atoms with E-state index in [9.17, 15) is 10.2 Å². The fraction of sp³-hybridized carbons (Fsp3) is 0.556. The first-order chi connectivity index (χ1) is 18.9. The van der Waals surface area contributed by atoms with Crippen molar-refractivity contribution in [2.24, 2.45) is 5.92 Å². The zero-order chi connectivity index (χ0) is 26.7. The lowest BCUT2D eigenvalue weighted by atomic mass is 9.76. The minimum atomic E-state index is -1.10. The van der Waals surface area contributed by atoms with Crippen molar-refractivity contribution in [2.75, 3.05) is 32.5 Å². The van der Waals surface area contributed by atoms with E-state index in [0.29, 0.717) is 35.6 Å². The molecule has 2 saturated heterocycles. The van der Waals surface area contributed by atoms with Crippen molar-refractivity contribution in [1.29, 1.82) is 0 Å². The molecule has 3 aromatic heterocycles. The lowest BCUT2D eigenvalue weighted by Gasteiger charge is -2.42. The first-order valence-corrected chi connectivity index (χ1v) is 13.7. The van der Waals surface area contributed by atoms with Crippen LogP contribution in [0.25, 0.3) is 22.2 Å². The quantitative estimate of drug-likeness (QED) is 0.260. The highest BCUT2D eigenvalue weighted by molar-refractivity contribution is 5.81. The molecule has 5 N–H and O–H groups in total. The van der Waals surface area contributed by atoms with E-state index in [1.165, 1.54) is 18.2 Å². The van der Waals surface area contributed by atoms with Gasteiger partial charge in [-0.15, -0.1) is 0 Å². The number of aliphatic hydroxyl groups is 2. The Morgan fingerprint density at radius 2 is 2.00 bits per heavy atom. The van der Waals surface area contributed by atoms with Crippen LogP contribution in [0.4, 0.5) is 5.82 Å². The number of nitrogens with one attached hydrogen (secondary N) is 1. The van der Waals surface area contributed by atoms with Gasteiger partial charge in [0.2, 0.25) is 0 Å². The topological polar surface area (TPSA) is 160 Å². The highest BCUT2D eigenvalue weighted by Crippen LogP contribution is 2.37. The molecule has 3 fully saturated rings. The number of hydrogen-bond donors (Lipinski definition) is 4. The third-order valence-electron chi connectivity index (χ3n) is 8.76. The van der Waals surface area contributed by atoms with Crippen LogP contribution in [0.2, 0.25) is 0 Å². The number of anilines is 1. The lowest BCUT2D eigenvalue weighted by Crippen LogP contribution is -2.47. The number of aliphatic hydroxyl groups excluding tert-OH is 2. The van der Waals surface area contributed by atoms with Gasteiger partial charge in [0.05, 0.1) is 30.6 Å². The van der Waals surface area contributed by atoms with E-state index < -0.39 is 24.5 Å². The highest BCUT2D eigenvalue weighted by Gasteiger charge is 2.45. The second-order valence-corrected chi connectivity index (χ2v) is 11.3. The molecule has 1 saturated carbocycles. The predicted octanol–water partition coefficient (Wildman–Crippen LogP) is 1.36. The summed E-state index contributed by atoms with van der Waals surface area (Å²) in [6.07, 6.45) is 3.64. The number of imidazole rings is 2. The standard InChI is InChI=1S/C27H34N8O4/c1-34(9-20-23(36)24(37)27(39-20)35-13-31-22-25(28)29-12-30-26(22)35)17-6-14(7-17)2-5-21-32-18-4-3-15(8-19(18)33-21)16-10-38-11-16/h3-4,8,12-14,16-17,20,23-24,27,36-37H,2,5-7,9-11H2,1H3,(H,32,33)(H2,28,29,30)/t14-,17-,20-,23-,24-,27-/m1/s1. The Balaban J connectivity index is 0.915. The van der Waals surface area contributed by atoms with Crippen molar-refractivity contribution in [1.82, 2.24) is 34.4 Å². The first-order valence-electron chi connectivity index (χ1n) is 13.7. The zero-order valence-corrected chi connectivity index (χ0v) is 21.8. The molecule has 2 aliphatic heterocycles. The number of nitrogens with two attached hydrogens (primary N) is 1. The predicted molar refractivity (Wildman–Crippen MR) is 143 cm³/mol. The molecule has 3 aliphatic rings. The Bertz CT molecular complexity index is 1480. The largest absolute Gasteiger partial charge is 0.387 e. The Morgan fingerprint density at radius 3 is 2.79 bits per heavy atom. The number of H-pyrrole nitrogens is 1. The fourth-order valence-electron chi connectivity index (χ4n) is 6.11. The van der Waals surface area contributed by atoms with Gasteiger partial charge in [0.15, 0.2) is 17.7 Å². The van der Waals surface area contributed by atoms with E-state index in [-0.39, 0.29) is 5.82 Å². The summed E-state index contributed by atoms with van der Waals surface area (Å²) >= 11 is 0. The molecule has 0 bridgehead atoms. The van der Waals surface area contributed by atoms with E-state index in [2.05, 4.69) is 50.1 Å². The van der Waals surface area contributed by atoms with Gasteiger partial charge in [-0.2, -0.15) is 0 Å². The monoisotopic (exact) mass is 534 g/mol. The molecule has 5 heterocycles. The van der Waals surface area contributed by atoms with Gasteiger partial charge in [-0.05, 0) is 49.9 Å². The molecule has 0 amide bonds. The smallest absolute Gasteiger partial charge is 0.167 e. The van der Waals surface area contributed by atoms with Crippen LogP contribution in [0.1, 0.15) is 42.8 Å². The number of nitrogens with zero attached hydrogens (tertiary/aromatic N) is 6. The van der Waals surface area contributed by atoms with Crippen molar-refractivity contribution in [3.63, 3.8) is 0 Å². The number of rotatable bonds is 8. The molecule has 1 aromatic carbocycles. The van der Waals surface area contributed by atoms with Crippen LogP contribution in [-0.2, 0) is 15.9 Å². The van der Waals surface area contributed by atoms with Gasteiger partial charge >= 0.3 is 0 Å². The van der Waals surface area contributed by atoms with Gasteiger partial charge < -0.3 is 35.3 Å². The van der Waals surface area contributed by atoms with Crippen molar-refractivity contribution in [2.45, 2.75) is 62.2 Å². The van der Waals surface area contributed by atoms with Crippen molar-refractivity contribution in [3.05, 3.63) is 42.2 Å². The summed E-state index contributed by atoms with van der Waals surface area (Å²) in [5, 5.41) is 21.5. The molecule has 1 aliphatic carbocycles. The zero-order valence-electron chi connectivity index (χ0n) is 21.8. The SMILES string of the molecule is CN(C[C@H]1O[C@@H](n2cnc3c(N)ncnc32)[C@H](O)[C@@H]1O)[C@H]1C[C@H](CCc2nc3cc(C4COC4)ccc3[nH]2)C1. The molecule has 0 unspecified atom stereocenters. The summed E-state index contributed by atoms with van der Waals surface area (Å²) in [5.74, 6) is 2.45. The summed E-state index contributed by atoms with van der Waals surface area (Å²) in [7, 11) is 2.06. The van der Waals surface area contributed by atoms with Gasteiger partial charge in [-0.3, -0.25) is 4.57 Å². The molecule has 12 heteroatoms. The third kappa shape index (κ3) is 4.45. The van der Waals surface area contributed by atoms with Crippen LogP contribution in [0.5, 0.6) is 0 Å². The minimum absolute atomic E-state index is 0.261. The minimum Gasteiger partial charge on any atom is -0.387 e. The number of likely N-dealkylation sites (N-methyl/N-ethyl adjacent to an activating group) is 1. The Labute approximate surface area is 225 Å². The van der Waals surface area contributed by atoms with Crippen molar-refractivity contribution < 1.29 is 19.7 Å².